The molecule has 0 radical (unpaired) electrons. The van der Waals surface area contributed by atoms with Crippen LogP contribution in [0.2, 0.25) is 0 Å². The molecule has 0 saturated heterocycles. The third-order valence-electron chi connectivity index (χ3n) is 4.70. The number of ether oxygens (including phenoxy) is 2. The summed E-state index contributed by atoms with van der Waals surface area (Å²) in [4.78, 5) is 27.7. The quantitative estimate of drug-likeness (QED) is 0.245. The molecule has 2 aromatic carbocycles. The number of halogens is 2. The van der Waals surface area contributed by atoms with Crippen LogP contribution in [0.1, 0.15) is 24.2 Å². The molecule has 2 heterocycles. The zero-order valence-electron chi connectivity index (χ0n) is 17.6. The zero-order chi connectivity index (χ0) is 23.7. The van der Waals surface area contributed by atoms with Crippen LogP contribution in [0.25, 0.3) is 33.4 Å². The summed E-state index contributed by atoms with van der Waals surface area (Å²) >= 11 is 0. The van der Waals surface area contributed by atoms with Crippen LogP contribution in [0.5, 0.6) is 5.75 Å². The van der Waals surface area contributed by atoms with Crippen LogP contribution >= 0.6 is 0 Å². The normalized spacial score (nSPS) is 11.1. The van der Waals surface area contributed by atoms with E-state index in [9.17, 15) is 18.4 Å². The van der Waals surface area contributed by atoms with Crippen LogP contribution in [-0.2, 0) is 4.74 Å². The highest BCUT2D eigenvalue weighted by Gasteiger charge is 2.27. The minimum Gasteiger partial charge on any atom is -0.490 e. The Morgan fingerprint density at radius 2 is 1.73 bits per heavy atom. The fourth-order valence-corrected chi connectivity index (χ4v) is 3.38. The fraction of sp³-hybridized carbons (Fsp3) is 0.125. The van der Waals surface area contributed by atoms with Gasteiger partial charge < -0.3 is 19.6 Å². The third-order valence-corrected chi connectivity index (χ3v) is 4.70. The number of fused-ring (bicyclic) bond motifs is 1. The first-order chi connectivity index (χ1) is 15.7. The molecule has 2 N–H and O–H groups in total. The van der Waals surface area contributed by atoms with Crippen molar-refractivity contribution in [3.8, 4) is 28.2 Å². The zero-order valence-corrected chi connectivity index (χ0v) is 17.6. The first kappa shape index (κ1) is 21.9. The number of hydrogen-bond donors (Lipinski definition) is 1. The van der Waals surface area contributed by atoms with E-state index in [1.807, 2.05) is 13.8 Å². The molecular formula is C24H18F2N2O5. The van der Waals surface area contributed by atoms with Crippen LogP contribution in [-0.4, -0.2) is 23.2 Å². The van der Waals surface area contributed by atoms with Gasteiger partial charge in [0.1, 0.15) is 28.5 Å². The van der Waals surface area contributed by atoms with Gasteiger partial charge in [0.05, 0.1) is 6.10 Å². The predicted octanol–water partition coefficient (Wildman–Crippen LogP) is 5.46. The summed E-state index contributed by atoms with van der Waals surface area (Å²) in [7, 11) is 0. The summed E-state index contributed by atoms with van der Waals surface area (Å²) < 4.78 is 43.3. The predicted molar refractivity (Wildman–Crippen MR) is 116 cm³/mol. The van der Waals surface area contributed by atoms with Crippen LogP contribution in [0, 0.1) is 11.8 Å². The first-order valence-corrected chi connectivity index (χ1v) is 9.89. The van der Waals surface area contributed by atoms with Gasteiger partial charge in [0.2, 0.25) is 5.95 Å². The van der Waals surface area contributed by atoms with E-state index in [2.05, 4.69) is 9.72 Å². The summed E-state index contributed by atoms with van der Waals surface area (Å²) in [5.41, 5.74) is 6.68. The number of primary amides is 1. The average Bonchev–Trinajstić information content (AvgIpc) is 3.12. The van der Waals surface area contributed by atoms with E-state index >= 15 is 0 Å². The van der Waals surface area contributed by atoms with Crippen molar-refractivity contribution in [3.63, 3.8) is 0 Å². The molecule has 0 saturated carbocycles. The second-order valence-corrected chi connectivity index (χ2v) is 7.40. The maximum absolute atomic E-state index is 13.4. The molecule has 0 aliphatic rings. The lowest BCUT2D eigenvalue weighted by atomic mass is 10.0. The van der Waals surface area contributed by atoms with Gasteiger partial charge in [0.25, 0.3) is 0 Å². The lowest BCUT2D eigenvalue weighted by Gasteiger charge is -2.14. The largest absolute Gasteiger partial charge is 0.490 e. The van der Waals surface area contributed by atoms with Gasteiger partial charge in [-0.2, -0.15) is 4.39 Å². The van der Waals surface area contributed by atoms with Crippen molar-refractivity contribution < 1.29 is 32.3 Å². The van der Waals surface area contributed by atoms with Crippen molar-refractivity contribution in [2.24, 2.45) is 5.73 Å². The number of esters is 1. The van der Waals surface area contributed by atoms with Crippen molar-refractivity contribution >= 4 is 23.0 Å². The van der Waals surface area contributed by atoms with E-state index in [0.717, 1.165) is 0 Å². The van der Waals surface area contributed by atoms with Crippen molar-refractivity contribution in [1.29, 1.82) is 0 Å². The van der Waals surface area contributed by atoms with Crippen molar-refractivity contribution in [1.82, 2.24) is 4.98 Å². The number of nitrogens with zero attached hydrogens (tertiary/aromatic N) is 1. The molecule has 4 rings (SSSR count). The van der Waals surface area contributed by atoms with Gasteiger partial charge >= 0.3 is 12.1 Å². The number of aromatic nitrogens is 1. The summed E-state index contributed by atoms with van der Waals surface area (Å²) in [5, 5.41) is 0.287. The monoisotopic (exact) mass is 452 g/mol. The summed E-state index contributed by atoms with van der Waals surface area (Å²) in [5.74, 6) is -1.73. The molecule has 0 unspecified atom stereocenters. The topological polar surface area (TPSA) is 105 Å². The van der Waals surface area contributed by atoms with E-state index in [1.54, 1.807) is 12.1 Å². The highest BCUT2D eigenvalue weighted by Crippen LogP contribution is 2.41. The van der Waals surface area contributed by atoms with Gasteiger partial charge in [-0.1, -0.05) is 0 Å². The van der Waals surface area contributed by atoms with E-state index in [0.29, 0.717) is 22.4 Å². The maximum atomic E-state index is 13.4. The molecule has 0 aliphatic carbocycles. The van der Waals surface area contributed by atoms with Gasteiger partial charge in [-0.05, 0) is 62.4 Å². The molecule has 2 aromatic heterocycles. The van der Waals surface area contributed by atoms with Gasteiger partial charge in [0.15, 0.2) is 0 Å². The number of amides is 1. The van der Waals surface area contributed by atoms with Crippen LogP contribution in [0.3, 0.4) is 0 Å². The number of carbonyl (C=O) groups is 2. The number of nitrogens with two attached hydrogens (primary N) is 1. The van der Waals surface area contributed by atoms with Gasteiger partial charge in [-0.15, -0.1) is 0 Å². The van der Waals surface area contributed by atoms with Gasteiger partial charge in [-0.25, -0.2) is 19.0 Å². The highest BCUT2D eigenvalue weighted by atomic mass is 19.1. The van der Waals surface area contributed by atoms with Crippen molar-refractivity contribution in [2.45, 2.75) is 20.0 Å². The van der Waals surface area contributed by atoms with Crippen molar-refractivity contribution in [2.75, 3.05) is 0 Å². The molecule has 4 aromatic rings. The maximum Gasteiger partial charge on any atom is 0.412 e. The van der Waals surface area contributed by atoms with E-state index in [-0.39, 0.29) is 28.4 Å². The summed E-state index contributed by atoms with van der Waals surface area (Å²) in [6, 6.07) is 11.2. The molecule has 168 valence electrons. The first-order valence-electron chi connectivity index (χ1n) is 9.89. The number of benzene rings is 2. The Hall–Kier alpha value is -4.27. The third kappa shape index (κ3) is 4.52. The molecule has 1 amide bonds. The Morgan fingerprint density at radius 1 is 1.03 bits per heavy atom. The lowest BCUT2D eigenvalue weighted by Crippen LogP contribution is -2.18. The second-order valence-electron chi connectivity index (χ2n) is 7.40. The molecule has 0 atom stereocenters. The molecule has 9 heteroatoms. The SMILES string of the molecule is CC(C)Oc1cc2c(C(=O)OC(N)=O)c(-c3ccc(F)cc3)oc2cc1-c1ccc(F)nc1. The van der Waals surface area contributed by atoms with E-state index < -0.39 is 23.8 Å². The minimum atomic E-state index is -1.29. The van der Waals surface area contributed by atoms with E-state index in [1.165, 1.54) is 42.6 Å². The molecule has 0 aliphatic heterocycles. The average molecular weight is 452 g/mol. The van der Waals surface area contributed by atoms with Crippen LogP contribution < -0.4 is 10.5 Å². The number of pyridine rings is 1. The van der Waals surface area contributed by atoms with Gasteiger partial charge in [-0.3, -0.25) is 0 Å². The molecule has 0 fully saturated rings. The van der Waals surface area contributed by atoms with E-state index in [4.69, 9.17) is 14.9 Å². The molecule has 0 bridgehead atoms. The number of rotatable bonds is 5. The molecule has 0 spiro atoms. The Morgan fingerprint density at radius 3 is 2.33 bits per heavy atom. The highest BCUT2D eigenvalue weighted by molar-refractivity contribution is 6.12. The van der Waals surface area contributed by atoms with Gasteiger partial charge in [0, 0.05) is 28.3 Å². The Labute approximate surface area is 186 Å². The number of carbonyl (C=O) groups excluding carboxylic acids is 2. The number of furan rings is 1. The van der Waals surface area contributed by atoms with Crippen LogP contribution in [0.4, 0.5) is 13.6 Å². The minimum absolute atomic E-state index is 0.0566. The smallest absolute Gasteiger partial charge is 0.412 e. The number of hydrogen-bond acceptors (Lipinski definition) is 6. The standard InChI is InChI=1S/C24H18F2N2O5/c1-12(2)31-18-10-17-19(9-16(18)14-5-8-20(26)28-11-14)32-22(13-3-6-15(25)7-4-13)21(17)23(29)33-24(27)30/h3-12H,1-2H3,(H2,27,30). The Balaban J connectivity index is 1.99. The second kappa shape index (κ2) is 8.70. The molecule has 7 nitrogen and oxygen atoms in total. The Bertz CT molecular complexity index is 1350. The molecular weight excluding hydrogens is 434 g/mol. The summed E-state index contributed by atoms with van der Waals surface area (Å²) in [6.45, 7) is 3.64. The lowest BCUT2D eigenvalue weighted by molar-refractivity contribution is 0.0640. The summed E-state index contributed by atoms with van der Waals surface area (Å²) in [6.07, 6.45) is -0.179. The molecule has 33 heavy (non-hydrogen) atoms. The van der Waals surface area contributed by atoms with Crippen molar-refractivity contribution in [3.05, 3.63) is 72.1 Å². The Kier molecular flexibility index (Phi) is 5.78. The fourth-order valence-electron chi connectivity index (χ4n) is 3.38. The van der Waals surface area contributed by atoms with Crippen LogP contribution in [0.15, 0.2) is 59.1 Å².